The van der Waals surface area contributed by atoms with Crippen LogP contribution in [0.3, 0.4) is 0 Å². The van der Waals surface area contributed by atoms with Crippen molar-refractivity contribution < 1.29 is 27.5 Å². The Hall–Kier alpha value is -3.46. The van der Waals surface area contributed by atoms with E-state index < -0.39 is 22.9 Å². The fraction of sp³-hybridized carbons (Fsp3) is 0.130. The quantitative estimate of drug-likeness (QED) is 0.429. The van der Waals surface area contributed by atoms with Crippen LogP contribution < -0.4 is 14.8 Å². The second-order valence-electron chi connectivity index (χ2n) is 6.72. The molecule has 9 heteroatoms. The fourth-order valence-electron chi connectivity index (χ4n) is 2.75. The van der Waals surface area contributed by atoms with Gasteiger partial charge in [-0.3, -0.25) is 9.52 Å². The molecule has 0 heterocycles. The van der Waals surface area contributed by atoms with E-state index in [1.807, 2.05) is 37.3 Å². The van der Waals surface area contributed by atoms with Crippen LogP contribution in [0.2, 0.25) is 0 Å². The van der Waals surface area contributed by atoms with Crippen LogP contribution in [0.25, 0.3) is 0 Å². The number of hydrogen-bond acceptors (Lipinski definition) is 4. The number of nitrogens with one attached hydrogen (secondary N) is 2. The Morgan fingerprint density at radius 2 is 1.62 bits per heavy atom. The van der Waals surface area contributed by atoms with E-state index in [4.69, 9.17) is 4.74 Å². The van der Waals surface area contributed by atoms with Crippen LogP contribution in [0.15, 0.2) is 78.9 Å². The van der Waals surface area contributed by atoms with Gasteiger partial charge in [0, 0.05) is 29.3 Å². The molecule has 0 aliphatic rings. The highest BCUT2D eigenvalue weighted by atomic mass is 32.2. The summed E-state index contributed by atoms with van der Waals surface area (Å²) in [6.07, 6.45) is -4.68. The zero-order valence-electron chi connectivity index (χ0n) is 16.8. The summed E-state index contributed by atoms with van der Waals surface area (Å²) in [7, 11) is 0. The number of ether oxygens (including phenoxy) is 1. The molecule has 5 nitrogen and oxygen atoms in total. The first kappa shape index (κ1) is 23.2. The van der Waals surface area contributed by atoms with Crippen molar-refractivity contribution in [3.63, 3.8) is 0 Å². The first-order valence-electron chi connectivity index (χ1n) is 9.49. The zero-order valence-corrected chi connectivity index (χ0v) is 17.7. The number of urea groups is 1. The molecule has 166 valence electrons. The summed E-state index contributed by atoms with van der Waals surface area (Å²) < 4.78 is 46.0. The van der Waals surface area contributed by atoms with Gasteiger partial charge in [-0.05, 0) is 48.9 Å². The van der Waals surface area contributed by atoms with E-state index in [1.165, 1.54) is 0 Å². The minimum Gasteiger partial charge on any atom is -0.486 e. The molecule has 0 fully saturated rings. The summed E-state index contributed by atoms with van der Waals surface area (Å²) in [6.45, 7) is 1.91. The summed E-state index contributed by atoms with van der Waals surface area (Å²) in [4.78, 5) is 24.2. The number of amides is 2. The standard InChI is InChI=1S/C23H19F3N2O3S/c1-15(16-6-3-2-4-7-16)31-20-9-5-8-19(14-20)27-22(30)28-32-21(29)17-10-12-18(13-11-17)23(24,25)26/h2-15H,1H3,(H2,27,28,30)/t15-/m0/s1. The Balaban J connectivity index is 1.52. The third kappa shape index (κ3) is 6.52. The van der Waals surface area contributed by atoms with Crippen molar-refractivity contribution >= 4 is 28.8 Å². The topological polar surface area (TPSA) is 67.4 Å². The molecular formula is C23H19F3N2O3S. The van der Waals surface area contributed by atoms with E-state index in [1.54, 1.807) is 24.3 Å². The Bertz CT molecular complexity index is 1070. The van der Waals surface area contributed by atoms with Gasteiger partial charge in [0.05, 0.1) is 5.56 Å². The molecule has 0 aliphatic heterocycles. The van der Waals surface area contributed by atoms with Gasteiger partial charge < -0.3 is 10.1 Å². The SMILES string of the molecule is C[C@H](Oc1cccc(NC(=O)NSC(=O)c2ccc(C(F)(F)F)cc2)c1)c1ccccc1. The van der Waals surface area contributed by atoms with Gasteiger partial charge in [-0.15, -0.1) is 0 Å². The molecule has 0 aromatic heterocycles. The van der Waals surface area contributed by atoms with Gasteiger partial charge in [-0.2, -0.15) is 13.2 Å². The van der Waals surface area contributed by atoms with E-state index >= 15 is 0 Å². The molecule has 0 saturated carbocycles. The maximum absolute atomic E-state index is 12.6. The molecule has 3 aromatic carbocycles. The third-order valence-corrected chi connectivity index (χ3v) is 5.07. The van der Waals surface area contributed by atoms with E-state index in [9.17, 15) is 22.8 Å². The van der Waals surface area contributed by atoms with Gasteiger partial charge in [0.2, 0.25) is 5.12 Å². The molecule has 3 rings (SSSR count). The summed E-state index contributed by atoms with van der Waals surface area (Å²) in [5.41, 5.74) is 0.631. The number of carbonyl (C=O) groups is 2. The molecule has 32 heavy (non-hydrogen) atoms. The first-order valence-corrected chi connectivity index (χ1v) is 10.3. The van der Waals surface area contributed by atoms with Crippen LogP contribution in [-0.2, 0) is 6.18 Å². The van der Waals surface area contributed by atoms with Gasteiger partial charge in [0.1, 0.15) is 11.9 Å². The average molecular weight is 460 g/mol. The van der Waals surface area contributed by atoms with Crippen LogP contribution >= 0.6 is 11.9 Å². The number of hydrogen-bond donors (Lipinski definition) is 2. The Morgan fingerprint density at radius 1 is 0.938 bits per heavy atom. The van der Waals surface area contributed by atoms with Crippen LogP contribution in [0.5, 0.6) is 5.75 Å². The number of anilines is 1. The highest BCUT2D eigenvalue weighted by molar-refractivity contribution is 8.12. The summed E-state index contributed by atoms with van der Waals surface area (Å²) >= 11 is 0.469. The monoisotopic (exact) mass is 460 g/mol. The lowest BCUT2D eigenvalue weighted by atomic mass is 10.1. The average Bonchev–Trinajstić information content (AvgIpc) is 2.78. The Morgan fingerprint density at radius 3 is 2.28 bits per heavy atom. The van der Waals surface area contributed by atoms with Crippen molar-refractivity contribution in [3.05, 3.63) is 95.6 Å². The van der Waals surface area contributed by atoms with Gasteiger partial charge in [0.15, 0.2) is 0 Å². The van der Waals surface area contributed by atoms with Crippen LogP contribution in [0.1, 0.15) is 34.5 Å². The highest BCUT2D eigenvalue weighted by Crippen LogP contribution is 2.29. The molecule has 0 aliphatic carbocycles. The molecular weight excluding hydrogens is 441 g/mol. The maximum Gasteiger partial charge on any atom is 0.416 e. The molecule has 0 bridgehead atoms. The van der Waals surface area contributed by atoms with Gasteiger partial charge >= 0.3 is 12.2 Å². The predicted octanol–water partition coefficient (Wildman–Crippen LogP) is 6.46. The Labute approximate surface area is 187 Å². The number of rotatable bonds is 5. The molecule has 1 atom stereocenters. The summed E-state index contributed by atoms with van der Waals surface area (Å²) in [5, 5.41) is 1.98. The highest BCUT2D eigenvalue weighted by Gasteiger charge is 2.30. The van der Waals surface area contributed by atoms with Crippen molar-refractivity contribution in [2.75, 3.05) is 5.32 Å². The van der Waals surface area contributed by atoms with Crippen molar-refractivity contribution in [3.8, 4) is 5.75 Å². The van der Waals surface area contributed by atoms with Gasteiger partial charge in [-0.1, -0.05) is 36.4 Å². The molecule has 0 radical (unpaired) electrons. The predicted molar refractivity (Wildman–Crippen MR) is 117 cm³/mol. The van der Waals surface area contributed by atoms with Crippen molar-refractivity contribution in [2.45, 2.75) is 19.2 Å². The van der Waals surface area contributed by atoms with E-state index in [0.29, 0.717) is 23.4 Å². The third-order valence-electron chi connectivity index (χ3n) is 4.36. The fourth-order valence-corrected chi connectivity index (χ4v) is 3.24. The van der Waals surface area contributed by atoms with Crippen LogP contribution in [0, 0.1) is 0 Å². The van der Waals surface area contributed by atoms with Gasteiger partial charge in [-0.25, -0.2) is 4.79 Å². The lowest BCUT2D eigenvalue weighted by molar-refractivity contribution is -0.137. The lowest BCUT2D eigenvalue weighted by Gasteiger charge is -2.16. The Kier molecular flexibility index (Phi) is 7.42. The smallest absolute Gasteiger partial charge is 0.416 e. The number of carbonyl (C=O) groups excluding carboxylic acids is 2. The van der Waals surface area contributed by atoms with Crippen molar-refractivity contribution in [1.82, 2.24) is 4.72 Å². The lowest BCUT2D eigenvalue weighted by Crippen LogP contribution is -2.24. The van der Waals surface area contributed by atoms with Gasteiger partial charge in [0.25, 0.3) is 0 Å². The second-order valence-corrected chi connectivity index (χ2v) is 7.50. The van der Waals surface area contributed by atoms with E-state index in [0.717, 1.165) is 29.8 Å². The minimum atomic E-state index is -4.48. The maximum atomic E-state index is 12.6. The van der Waals surface area contributed by atoms with Crippen molar-refractivity contribution in [1.29, 1.82) is 0 Å². The second kappa shape index (κ2) is 10.2. The largest absolute Gasteiger partial charge is 0.486 e. The number of halogens is 3. The minimum absolute atomic E-state index is 0.0357. The van der Waals surface area contributed by atoms with E-state index in [-0.39, 0.29) is 11.7 Å². The van der Waals surface area contributed by atoms with E-state index in [2.05, 4.69) is 10.0 Å². The summed E-state index contributed by atoms with van der Waals surface area (Å²) in [5.74, 6) is 0.549. The molecule has 0 spiro atoms. The molecule has 0 unspecified atom stereocenters. The summed E-state index contributed by atoms with van der Waals surface area (Å²) in [6, 6.07) is 19.5. The van der Waals surface area contributed by atoms with Crippen LogP contribution in [0.4, 0.5) is 23.7 Å². The zero-order chi connectivity index (χ0) is 23.1. The normalized spacial score (nSPS) is 12.0. The first-order chi connectivity index (χ1) is 15.2. The van der Waals surface area contributed by atoms with Crippen molar-refractivity contribution in [2.24, 2.45) is 0 Å². The molecule has 3 aromatic rings. The number of benzene rings is 3. The number of alkyl halides is 3. The molecule has 2 N–H and O–H groups in total. The van der Waals surface area contributed by atoms with Crippen LogP contribution in [-0.4, -0.2) is 11.1 Å². The molecule has 0 saturated heterocycles. The molecule has 2 amide bonds.